The molecule has 2 aliphatic rings. The molecule has 4 heteroatoms. The van der Waals surface area contributed by atoms with E-state index in [0.29, 0.717) is 11.8 Å². The summed E-state index contributed by atoms with van der Waals surface area (Å²) < 4.78 is 26.1. The molecule has 0 saturated carbocycles. The van der Waals surface area contributed by atoms with Gasteiger partial charge in [0.2, 0.25) is 0 Å². The van der Waals surface area contributed by atoms with Gasteiger partial charge >= 0.3 is 0 Å². The van der Waals surface area contributed by atoms with Crippen molar-refractivity contribution in [1.29, 1.82) is 0 Å². The van der Waals surface area contributed by atoms with Gasteiger partial charge in [0.1, 0.15) is 0 Å². The molecule has 1 fully saturated rings. The van der Waals surface area contributed by atoms with Crippen molar-refractivity contribution in [3.63, 3.8) is 0 Å². The van der Waals surface area contributed by atoms with E-state index in [1.54, 1.807) is 0 Å². The first-order valence-electron chi connectivity index (χ1n) is 4.95. The van der Waals surface area contributed by atoms with Gasteiger partial charge < -0.3 is 5.32 Å². The number of benzene rings is 1. The molecule has 1 aromatic carbocycles. The van der Waals surface area contributed by atoms with Crippen LogP contribution in [0.3, 0.4) is 0 Å². The summed E-state index contributed by atoms with van der Waals surface area (Å²) in [5.74, 6) is -0.648. The number of hydrogen-bond donors (Lipinski definition) is 1. The van der Waals surface area contributed by atoms with Crippen LogP contribution < -0.4 is 5.32 Å². The van der Waals surface area contributed by atoms with E-state index in [4.69, 9.17) is 0 Å². The Morgan fingerprint density at radius 2 is 1.47 bits per heavy atom. The Morgan fingerprint density at radius 3 is 1.93 bits per heavy atom. The zero-order valence-electron chi connectivity index (χ0n) is 8.09. The number of rotatable bonds is 0. The van der Waals surface area contributed by atoms with E-state index < -0.39 is 11.6 Å². The van der Waals surface area contributed by atoms with E-state index in [9.17, 15) is 8.78 Å². The molecule has 0 amide bonds. The highest BCUT2D eigenvalue weighted by Gasteiger charge is 2.34. The molecule has 82 valence electrons. The Labute approximate surface area is 93.3 Å². The minimum absolute atomic E-state index is 0. The number of piperidine rings is 1. The van der Waals surface area contributed by atoms with Gasteiger partial charge in [-0.1, -0.05) is 0 Å². The maximum Gasteiger partial charge on any atom is 0.159 e. The van der Waals surface area contributed by atoms with Crippen LogP contribution in [-0.2, 0) is 0 Å². The summed E-state index contributed by atoms with van der Waals surface area (Å²) in [6.07, 6.45) is 1.05. The lowest BCUT2D eigenvalue weighted by Gasteiger charge is -2.19. The zero-order chi connectivity index (χ0) is 9.71. The molecule has 1 heterocycles. The maximum atomic E-state index is 13.0. The fourth-order valence-electron chi connectivity index (χ4n) is 2.70. The number of nitrogens with one attached hydrogen (secondary N) is 1. The predicted molar refractivity (Wildman–Crippen MR) is 56.6 cm³/mol. The molecule has 0 radical (unpaired) electrons. The lowest BCUT2D eigenvalue weighted by molar-refractivity contribution is 0.453. The molecule has 2 bridgehead atoms. The summed E-state index contributed by atoms with van der Waals surface area (Å²) in [7, 11) is 0. The van der Waals surface area contributed by atoms with Crippen molar-refractivity contribution in [3.05, 3.63) is 34.9 Å². The molecule has 15 heavy (non-hydrogen) atoms. The Morgan fingerprint density at radius 1 is 1.00 bits per heavy atom. The number of halogens is 3. The van der Waals surface area contributed by atoms with Crippen molar-refractivity contribution in [3.8, 4) is 0 Å². The Kier molecular flexibility index (Phi) is 2.69. The zero-order valence-corrected chi connectivity index (χ0v) is 8.91. The molecule has 2 atom stereocenters. The summed E-state index contributed by atoms with van der Waals surface area (Å²) in [6.45, 7) is 1.79. The predicted octanol–water partition coefficient (Wildman–Crippen LogP) is 2.56. The average molecular weight is 232 g/mol. The summed E-state index contributed by atoms with van der Waals surface area (Å²) in [5.41, 5.74) is 2.03. The molecule has 1 nitrogen and oxygen atoms in total. The van der Waals surface area contributed by atoms with Gasteiger partial charge in [-0.05, 0) is 41.5 Å². The smallest absolute Gasteiger partial charge is 0.159 e. The first-order valence-corrected chi connectivity index (χ1v) is 4.95. The summed E-state index contributed by atoms with van der Waals surface area (Å²) >= 11 is 0. The van der Waals surface area contributed by atoms with E-state index in [0.717, 1.165) is 30.6 Å². The minimum Gasteiger partial charge on any atom is -0.316 e. The van der Waals surface area contributed by atoms with Gasteiger partial charge in [0.25, 0.3) is 0 Å². The largest absolute Gasteiger partial charge is 0.316 e. The summed E-state index contributed by atoms with van der Waals surface area (Å²) in [6, 6.07) is 2.75. The molecule has 0 spiro atoms. The Bertz CT molecular complexity index is 359. The van der Waals surface area contributed by atoms with Crippen LogP contribution in [0.15, 0.2) is 12.1 Å². The van der Waals surface area contributed by atoms with Crippen molar-refractivity contribution >= 4 is 12.4 Å². The topological polar surface area (TPSA) is 12.0 Å². The fourth-order valence-corrected chi connectivity index (χ4v) is 2.70. The van der Waals surface area contributed by atoms with Crippen LogP contribution in [0.4, 0.5) is 8.78 Å². The van der Waals surface area contributed by atoms with Gasteiger partial charge in [-0.15, -0.1) is 12.4 Å². The molecule has 2 unspecified atom stereocenters. The first-order chi connectivity index (χ1) is 6.75. The average Bonchev–Trinajstić information content (AvgIpc) is 2.42. The van der Waals surface area contributed by atoms with Gasteiger partial charge in [0.15, 0.2) is 11.6 Å². The van der Waals surface area contributed by atoms with E-state index in [2.05, 4.69) is 5.32 Å². The van der Waals surface area contributed by atoms with Gasteiger partial charge in [0, 0.05) is 13.1 Å². The Balaban J connectivity index is 0.000000853. The van der Waals surface area contributed by atoms with Gasteiger partial charge in [-0.3, -0.25) is 0 Å². The van der Waals surface area contributed by atoms with Crippen LogP contribution in [0, 0.1) is 11.6 Å². The first kappa shape index (κ1) is 10.8. The highest BCUT2D eigenvalue weighted by Crippen LogP contribution is 2.43. The lowest BCUT2D eigenvalue weighted by Crippen LogP contribution is -2.28. The number of fused-ring (bicyclic) bond motifs is 5. The molecule has 1 aliphatic carbocycles. The van der Waals surface area contributed by atoms with E-state index >= 15 is 0 Å². The van der Waals surface area contributed by atoms with Gasteiger partial charge in [-0.25, -0.2) is 8.78 Å². The second-order valence-electron chi connectivity index (χ2n) is 4.18. The van der Waals surface area contributed by atoms with Crippen molar-refractivity contribution in [2.45, 2.75) is 18.3 Å². The van der Waals surface area contributed by atoms with Crippen molar-refractivity contribution in [2.24, 2.45) is 0 Å². The standard InChI is InChI=1S/C11H11F2N.ClH/c12-10-2-8-6-1-7(5-14-4-6)9(8)3-11(10)13;/h2-3,6-7,14H,1,4-5H2;1H. The highest BCUT2D eigenvalue weighted by atomic mass is 35.5. The molecule has 1 saturated heterocycles. The number of hydrogen-bond acceptors (Lipinski definition) is 1. The quantitative estimate of drug-likeness (QED) is 0.724. The third kappa shape index (κ3) is 1.54. The third-order valence-electron chi connectivity index (χ3n) is 3.36. The summed E-state index contributed by atoms with van der Waals surface area (Å²) in [4.78, 5) is 0. The second kappa shape index (κ2) is 3.72. The lowest BCUT2D eigenvalue weighted by atomic mass is 9.98. The van der Waals surface area contributed by atoms with E-state index in [-0.39, 0.29) is 12.4 Å². The van der Waals surface area contributed by atoms with Crippen molar-refractivity contribution in [1.82, 2.24) is 5.32 Å². The van der Waals surface area contributed by atoms with E-state index in [1.165, 1.54) is 12.1 Å². The van der Waals surface area contributed by atoms with Gasteiger partial charge in [-0.2, -0.15) is 0 Å². The third-order valence-corrected chi connectivity index (χ3v) is 3.36. The highest BCUT2D eigenvalue weighted by molar-refractivity contribution is 5.85. The molecule has 1 aromatic rings. The molecule has 0 aromatic heterocycles. The SMILES string of the molecule is Cl.Fc1cc2c(cc1F)C1CNCC2C1. The Hall–Kier alpha value is -0.670. The van der Waals surface area contributed by atoms with Crippen LogP contribution in [0.2, 0.25) is 0 Å². The van der Waals surface area contributed by atoms with Gasteiger partial charge in [0.05, 0.1) is 0 Å². The van der Waals surface area contributed by atoms with Crippen molar-refractivity contribution in [2.75, 3.05) is 13.1 Å². The van der Waals surface area contributed by atoms with Crippen LogP contribution in [0.5, 0.6) is 0 Å². The van der Waals surface area contributed by atoms with Crippen LogP contribution in [0.25, 0.3) is 0 Å². The van der Waals surface area contributed by atoms with Crippen LogP contribution >= 0.6 is 12.4 Å². The molecule has 1 N–H and O–H groups in total. The van der Waals surface area contributed by atoms with E-state index in [1.807, 2.05) is 0 Å². The molecular weight excluding hydrogens is 220 g/mol. The molecular formula is C11H12ClF2N. The van der Waals surface area contributed by atoms with Crippen LogP contribution in [0.1, 0.15) is 29.4 Å². The van der Waals surface area contributed by atoms with Crippen molar-refractivity contribution < 1.29 is 8.78 Å². The molecule has 3 rings (SSSR count). The fraction of sp³-hybridized carbons (Fsp3) is 0.455. The molecule has 1 aliphatic heterocycles. The van der Waals surface area contributed by atoms with Crippen LogP contribution in [-0.4, -0.2) is 13.1 Å². The monoisotopic (exact) mass is 231 g/mol. The second-order valence-corrected chi connectivity index (χ2v) is 4.18. The maximum absolute atomic E-state index is 13.0. The minimum atomic E-state index is -0.712. The normalized spacial score (nSPS) is 27.1. The summed E-state index contributed by atoms with van der Waals surface area (Å²) in [5, 5.41) is 3.29.